The van der Waals surface area contributed by atoms with Crippen molar-refractivity contribution in [3.63, 3.8) is 0 Å². The summed E-state index contributed by atoms with van der Waals surface area (Å²) in [6.45, 7) is 10.5. The van der Waals surface area contributed by atoms with E-state index in [9.17, 15) is 13.9 Å². The highest BCUT2D eigenvalue weighted by Gasteiger charge is 2.34. The van der Waals surface area contributed by atoms with E-state index >= 15 is 0 Å². The smallest absolute Gasteiger partial charge is 0.368 e. The van der Waals surface area contributed by atoms with E-state index in [-0.39, 0.29) is 26.2 Å². The van der Waals surface area contributed by atoms with Gasteiger partial charge in [0.05, 0.1) is 33.0 Å². The Kier molecular flexibility index (Phi) is 11.6. The number of carbonyl (C=O) groups is 1. The van der Waals surface area contributed by atoms with Crippen molar-refractivity contribution in [1.29, 1.82) is 0 Å². The molecule has 0 fully saturated rings. The topological polar surface area (TPSA) is 116 Å². The number of esters is 1. The molecule has 1 aromatic carbocycles. The van der Waals surface area contributed by atoms with Crippen LogP contribution in [0.25, 0.3) is 0 Å². The lowest BCUT2D eigenvalue weighted by atomic mass is 10.2. The Morgan fingerprint density at radius 2 is 1.66 bits per heavy atom. The van der Waals surface area contributed by atoms with Crippen LogP contribution >= 0.6 is 15.2 Å². The summed E-state index contributed by atoms with van der Waals surface area (Å²) in [6.07, 6.45) is -0.709. The average molecular weight is 494 g/mol. The zero-order valence-corrected chi connectivity index (χ0v) is 21.1. The summed E-state index contributed by atoms with van der Waals surface area (Å²) in [4.78, 5) is 12.0. The Morgan fingerprint density at radius 3 is 2.16 bits per heavy atom. The van der Waals surface area contributed by atoms with Gasteiger partial charge in [-0.25, -0.2) is 4.79 Å². The van der Waals surface area contributed by atoms with Gasteiger partial charge in [0.15, 0.2) is 17.8 Å². The number of benzene rings is 1. The maximum absolute atomic E-state index is 12.9. The minimum absolute atomic E-state index is 0.174. The lowest BCUT2D eigenvalue weighted by Crippen LogP contribution is -2.14. The zero-order valence-electron chi connectivity index (χ0n) is 19.3. The van der Waals surface area contributed by atoms with Gasteiger partial charge in [-0.15, -0.1) is 0 Å². The lowest BCUT2D eigenvalue weighted by molar-refractivity contribution is -0.141. The molecule has 1 atom stereocenters. The van der Waals surface area contributed by atoms with Gasteiger partial charge in [-0.2, -0.15) is 0 Å². The maximum atomic E-state index is 12.9. The quantitative estimate of drug-likeness (QED) is 0.185. The van der Waals surface area contributed by atoms with Crippen LogP contribution in [-0.2, 0) is 43.4 Å². The molecular formula is C20H32O10P2. The van der Waals surface area contributed by atoms with E-state index in [1.54, 1.807) is 45.9 Å². The number of carbonyl (C=O) groups excluding carboxylic acids is 1. The van der Waals surface area contributed by atoms with Crippen LogP contribution in [0, 0.1) is 0 Å². The van der Waals surface area contributed by atoms with Gasteiger partial charge in [-0.05, 0) is 45.4 Å². The fourth-order valence-electron chi connectivity index (χ4n) is 2.37. The molecule has 0 aliphatic heterocycles. The maximum Gasteiger partial charge on any atom is 0.368 e. The zero-order chi connectivity index (χ0) is 24.4. The van der Waals surface area contributed by atoms with Crippen molar-refractivity contribution in [1.82, 2.24) is 0 Å². The van der Waals surface area contributed by atoms with Gasteiger partial charge in [0.1, 0.15) is 5.31 Å². The molecule has 0 aliphatic carbocycles. The van der Waals surface area contributed by atoms with Crippen LogP contribution in [0.2, 0.25) is 0 Å². The number of ether oxygens (including phenoxy) is 3. The SMILES string of the molecule is C=C(C(=O)OC(C)C)P(=O)(OC)OCc1ccc(OCP(=O)(OCC)OCC)c(OC)c1. The van der Waals surface area contributed by atoms with E-state index in [2.05, 4.69) is 6.58 Å². The lowest BCUT2D eigenvalue weighted by Gasteiger charge is -2.20. The first kappa shape index (κ1) is 28.4. The third-order valence-electron chi connectivity index (χ3n) is 3.81. The molecular weight excluding hydrogens is 462 g/mol. The molecule has 32 heavy (non-hydrogen) atoms. The number of hydrogen-bond acceptors (Lipinski definition) is 10. The Hall–Kier alpha value is -1.67. The number of methoxy groups -OCH3 is 1. The van der Waals surface area contributed by atoms with Crippen molar-refractivity contribution in [2.45, 2.75) is 40.4 Å². The molecule has 182 valence electrons. The minimum Gasteiger partial charge on any atom is -0.493 e. The van der Waals surface area contributed by atoms with E-state index < -0.39 is 32.6 Å². The predicted octanol–water partition coefficient (Wildman–Crippen LogP) is 5.12. The van der Waals surface area contributed by atoms with Crippen LogP contribution < -0.4 is 9.47 Å². The first-order chi connectivity index (χ1) is 15.0. The van der Waals surface area contributed by atoms with Crippen LogP contribution in [-0.4, -0.2) is 45.9 Å². The number of rotatable bonds is 15. The third-order valence-corrected chi connectivity index (χ3v) is 7.35. The Bertz CT molecular complexity index is 858. The first-order valence-electron chi connectivity index (χ1n) is 9.92. The molecule has 1 unspecified atom stereocenters. The third kappa shape index (κ3) is 8.35. The van der Waals surface area contributed by atoms with E-state index in [1.807, 2.05) is 0 Å². The highest BCUT2D eigenvalue weighted by molar-refractivity contribution is 7.59. The largest absolute Gasteiger partial charge is 0.493 e. The van der Waals surface area contributed by atoms with Gasteiger partial charge in [0.25, 0.3) is 0 Å². The Balaban J connectivity index is 2.91. The molecule has 10 nitrogen and oxygen atoms in total. The van der Waals surface area contributed by atoms with Gasteiger partial charge in [-0.3, -0.25) is 9.13 Å². The Morgan fingerprint density at radius 1 is 1.03 bits per heavy atom. The first-order valence-corrected chi connectivity index (χ1v) is 13.2. The number of hydrogen-bond donors (Lipinski definition) is 0. The van der Waals surface area contributed by atoms with Gasteiger partial charge in [0, 0.05) is 7.11 Å². The molecule has 0 aliphatic rings. The summed E-state index contributed by atoms with van der Waals surface area (Å²) < 4.78 is 62.1. The minimum atomic E-state index is -3.97. The second kappa shape index (κ2) is 13.1. The van der Waals surface area contributed by atoms with Crippen molar-refractivity contribution in [2.75, 3.05) is 33.8 Å². The fraction of sp³-hybridized carbons (Fsp3) is 0.550. The second-order valence-corrected chi connectivity index (χ2v) is 10.7. The molecule has 0 amide bonds. The molecule has 12 heteroatoms. The molecule has 1 aromatic rings. The van der Waals surface area contributed by atoms with E-state index in [0.29, 0.717) is 17.1 Å². The van der Waals surface area contributed by atoms with Gasteiger partial charge >= 0.3 is 21.2 Å². The molecule has 0 spiro atoms. The average Bonchev–Trinajstić information content (AvgIpc) is 2.75. The highest BCUT2D eigenvalue weighted by Crippen LogP contribution is 2.56. The van der Waals surface area contributed by atoms with E-state index in [1.165, 1.54) is 7.11 Å². The second-order valence-electron chi connectivity index (χ2n) is 6.56. The van der Waals surface area contributed by atoms with Gasteiger partial charge < -0.3 is 32.3 Å². The van der Waals surface area contributed by atoms with Gasteiger partial charge in [0.2, 0.25) is 0 Å². The Labute approximate surface area is 189 Å². The van der Waals surface area contributed by atoms with Crippen molar-refractivity contribution in [3.05, 3.63) is 35.7 Å². The van der Waals surface area contributed by atoms with Crippen molar-refractivity contribution >= 4 is 21.2 Å². The summed E-state index contributed by atoms with van der Waals surface area (Å²) >= 11 is 0. The van der Waals surface area contributed by atoms with Gasteiger partial charge in [-0.1, -0.05) is 12.6 Å². The standard InChI is InChI=1S/C20H32O10P2/c1-8-27-31(22,28-9-2)14-26-18-11-10-17(12-19(18)24-6)13-29-32(23,25-7)16(5)20(21)30-15(3)4/h10-12,15H,5,8-9,13-14H2,1-4,6-7H3. The monoisotopic (exact) mass is 494 g/mol. The summed E-state index contributed by atoms with van der Waals surface area (Å²) in [5.41, 5.74) is 0.550. The highest BCUT2D eigenvalue weighted by atomic mass is 31.2. The summed E-state index contributed by atoms with van der Waals surface area (Å²) in [6, 6.07) is 4.77. The van der Waals surface area contributed by atoms with Crippen LogP contribution in [0.4, 0.5) is 0 Å². The van der Waals surface area contributed by atoms with Crippen molar-refractivity contribution in [2.24, 2.45) is 0 Å². The van der Waals surface area contributed by atoms with E-state index in [4.69, 9.17) is 32.3 Å². The molecule has 0 radical (unpaired) electrons. The summed E-state index contributed by atoms with van der Waals surface area (Å²) in [5.74, 6) is -0.244. The predicted molar refractivity (Wildman–Crippen MR) is 119 cm³/mol. The molecule has 0 heterocycles. The van der Waals surface area contributed by atoms with Crippen LogP contribution in [0.15, 0.2) is 30.1 Å². The molecule has 0 bridgehead atoms. The summed E-state index contributed by atoms with van der Waals surface area (Å²) in [7, 11) is -4.79. The summed E-state index contributed by atoms with van der Waals surface area (Å²) in [5, 5.41) is -0.400. The molecule has 0 N–H and O–H groups in total. The van der Waals surface area contributed by atoms with E-state index in [0.717, 1.165) is 7.11 Å². The van der Waals surface area contributed by atoms with Crippen LogP contribution in [0.1, 0.15) is 33.3 Å². The fourth-order valence-corrected chi connectivity index (χ4v) is 4.75. The van der Waals surface area contributed by atoms with Crippen LogP contribution in [0.5, 0.6) is 11.5 Å². The van der Waals surface area contributed by atoms with Crippen molar-refractivity contribution in [3.8, 4) is 11.5 Å². The molecule has 0 saturated carbocycles. The van der Waals surface area contributed by atoms with Crippen LogP contribution in [0.3, 0.4) is 0 Å². The normalized spacial score (nSPS) is 13.5. The van der Waals surface area contributed by atoms with Crippen molar-refractivity contribution < 1.29 is 46.2 Å². The molecule has 0 saturated heterocycles. The molecule has 1 rings (SSSR count). The molecule has 0 aromatic heterocycles.